The molecule has 3 aromatic rings. The third-order valence-corrected chi connectivity index (χ3v) is 5.44. The van der Waals surface area contributed by atoms with Crippen LogP contribution in [0.3, 0.4) is 0 Å². The second-order valence-electron chi connectivity index (χ2n) is 7.38. The number of methoxy groups -OCH3 is 2. The maximum absolute atomic E-state index is 5.88. The number of benzene rings is 2. The Morgan fingerprint density at radius 1 is 1.07 bits per heavy atom. The average molecular weight is 393 g/mol. The fourth-order valence-corrected chi connectivity index (χ4v) is 3.98. The van der Waals surface area contributed by atoms with Gasteiger partial charge in [0.2, 0.25) is 0 Å². The predicted molar refractivity (Wildman–Crippen MR) is 114 cm³/mol. The van der Waals surface area contributed by atoms with Gasteiger partial charge in [0.05, 0.1) is 31.1 Å². The molecule has 1 fully saturated rings. The molecule has 1 aliphatic rings. The number of ether oxygens (including phenoxy) is 3. The first-order valence-corrected chi connectivity index (χ1v) is 10.0. The van der Waals surface area contributed by atoms with Gasteiger partial charge in [0.15, 0.2) is 11.5 Å². The van der Waals surface area contributed by atoms with Crippen molar-refractivity contribution in [2.75, 3.05) is 45.4 Å². The van der Waals surface area contributed by atoms with E-state index in [4.69, 9.17) is 14.2 Å². The molecular weight excluding hydrogens is 366 g/mol. The summed E-state index contributed by atoms with van der Waals surface area (Å²) < 4.78 is 16.5. The first kappa shape index (κ1) is 19.5. The molecular formula is C23H27N3O3. The maximum Gasteiger partial charge on any atom is 0.163 e. The lowest BCUT2D eigenvalue weighted by molar-refractivity contribution is 0.144. The molecule has 0 spiro atoms. The van der Waals surface area contributed by atoms with E-state index >= 15 is 0 Å². The van der Waals surface area contributed by atoms with E-state index < -0.39 is 0 Å². The number of nitrogens with zero attached hydrogens (tertiary/aromatic N) is 3. The third-order valence-electron chi connectivity index (χ3n) is 5.44. The normalized spacial score (nSPS) is 16.3. The van der Waals surface area contributed by atoms with Gasteiger partial charge in [-0.2, -0.15) is 10.2 Å². The van der Waals surface area contributed by atoms with Crippen molar-refractivity contribution in [3.63, 3.8) is 0 Å². The molecule has 1 atom stereocenters. The van der Waals surface area contributed by atoms with E-state index in [1.54, 1.807) is 14.2 Å². The Labute approximate surface area is 171 Å². The van der Waals surface area contributed by atoms with Gasteiger partial charge in [0.25, 0.3) is 0 Å². The summed E-state index contributed by atoms with van der Waals surface area (Å²) >= 11 is 0. The van der Waals surface area contributed by atoms with Crippen LogP contribution >= 0.6 is 0 Å². The standard InChI is InChI=1S/C23H27N3O3/c1-27-10-11-29-23-13-19-20(14-22(23)28-2)25-24-15-21(19)26-9-8-18(16-26)12-17-6-4-3-5-7-17/h3-7,13-15,18H,8-12,16H2,1-2H3. The summed E-state index contributed by atoms with van der Waals surface area (Å²) in [4.78, 5) is 2.41. The van der Waals surface area contributed by atoms with Gasteiger partial charge < -0.3 is 19.1 Å². The summed E-state index contributed by atoms with van der Waals surface area (Å²) in [5, 5.41) is 9.58. The van der Waals surface area contributed by atoms with Crippen molar-refractivity contribution >= 4 is 16.6 Å². The fraction of sp³-hybridized carbons (Fsp3) is 0.391. The minimum atomic E-state index is 0.467. The van der Waals surface area contributed by atoms with Crippen LogP contribution in [-0.2, 0) is 11.2 Å². The molecule has 0 N–H and O–H groups in total. The van der Waals surface area contributed by atoms with E-state index in [9.17, 15) is 0 Å². The van der Waals surface area contributed by atoms with Gasteiger partial charge in [-0.05, 0) is 30.4 Å². The number of rotatable bonds is 8. The maximum atomic E-state index is 5.88. The van der Waals surface area contributed by atoms with Crippen molar-refractivity contribution in [2.45, 2.75) is 12.8 Å². The fourth-order valence-electron chi connectivity index (χ4n) is 3.98. The SMILES string of the molecule is COCCOc1cc2c(N3CCC(Cc4ccccc4)C3)cnnc2cc1OC. The molecule has 0 amide bonds. The molecule has 1 unspecified atom stereocenters. The third kappa shape index (κ3) is 4.43. The van der Waals surface area contributed by atoms with Gasteiger partial charge in [0, 0.05) is 31.7 Å². The van der Waals surface area contributed by atoms with Crippen molar-refractivity contribution in [3.8, 4) is 11.5 Å². The molecule has 29 heavy (non-hydrogen) atoms. The molecule has 0 radical (unpaired) electrons. The minimum absolute atomic E-state index is 0.467. The van der Waals surface area contributed by atoms with Crippen molar-refractivity contribution in [1.82, 2.24) is 10.2 Å². The van der Waals surface area contributed by atoms with Crippen molar-refractivity contribution in [2.24, 2.45) is 5.92 Å². The Morgan fingerprint density at radius 3 is 2.72 bits per heavy atom. The molecule has 2 aromatic carbocycles. The number of hydrogen-bond acceptors (Lipinski definition) is 6. The van der Waals surface area contributed by atoms with Gasteiger partial charge in [-0.15, -0.1) is 0 Å². The van der Waals surface area contributed by atoms with E-state index in [1.807, 2.05) is 18.3 Å². The highest BCUT2D eigenvalue weighted by Gasteiger charge is 2.25. The molecule has 1 aromatic heterocycles. The minimum Gasteiger partial charge on any atom is -0.493 e. The van der Waals surface area contributed by atoms with Crippen LogP contribution in [0.15, 0.2) is 48.7 Å². The average Bonchev–Trinajstić information content (AvgIpc) is 3.22. The largest absolute Gasteiger partial charge is 0.493 e. The van der Waals surface area contributed by atoms with Crippen molar-refractivity contribution in [3.05, 3.63) is 54.2 Å². The van der Waals surface area contributed by atoms with Crippen LogP contribution in [0.25, 0.3) is 10.9 Å². The van der Waals surface area contributed by atoms with E-state index in [0.29, 0.717) is 30.6 Å². The van der Waals surface area contributed by atoms with Crippen molar-refractivity contribution < 1.29 is 14.2 Å². The Morgan fingerprint density at radius 2 is 1.93 bits per heavy atom. The van der Waals surface area contributed by atoms with E-state index in [1.165, 1.54) is 12.0 Å². The number of fused-ring (bicyclic) bond motifs is 1. The summed E-state index contributed by atoms with van der Waals surface area (Å²) in [6.45, 7) is 3.02. The summed E-state index contributed by atoms with van der Waals surface area (Å²) in [6, 6.07) is 14.6. The second kappa shape index (κ2) is 9.09. The molecule has 6 nitrogen and oxygen atoms in total. The van der Waals surface area contributed by atoms with Crippen LogP contribution in [0.5, 0.6) is 11.5 Å². The first-order chi connectivity index (χ1) is 14.3. The molecule has 0 bridgehead atoms. The van der Waals surface area contributed by atoms with E-state index in [-0.39, 0.29) is 0 Å². The van der Waals surface area contributed by atoms with Crippen LogP contribution in [-0.4, -0.2) is 50.7 Å². The van der Waals surface area contributed by atoms with Gasteiger partial charge in [-0.3, -0.25) is 0 Å². The Hall–Kier alpha value is -2.86. The lowest BCUT2D eigenvalue weighted by Crippen LogP contribution is -2.21. The smallest absolute Gasteiger partial charge is 0.163 e. The Bertz CT molecular complexity index is 949. The predicted octanol–water partition coefficient (Wildman–Crippen LogP) is 3.73. The monoisotopic (exact) mass is 393 g/mol. The van der Waals surface area contributed by atoms with Crippen LogP contribution in [0.4, 0.5) is 5.69 Å². The molecule has 1 saturated heterocycles. The highest BCUT2D eigenvalue weighted by molar-refractivity contribution is 5.93. The van der Waals surface area contributed by atoms with Gasteiger partial charge in [-0.25, -0.2) is 0 Å². The lowest BCUT2D eigenvalue weighted by Gasteiger charge is -2.21. The van der Waals surface area contributed by atoms with E-state index in [0.717, 1.165) is 36.1 Å². The van der Waals surface area contributed by atoms with Gasteiger partial charge in [0.1, 0.15) is 6.61 Å². The Kier molecular flexibility index (Phi) is 6.10. The Balaban J connectivity index is 1.57. The van der Waals surface area contributed by atoms with Crippen LogP contribution in [0.2, 0.25) is 0 Å². The topological polar surface area (TPSA) is 56.7 Å². The summed E-state index contributed by atoms with van der Waals surface area (Å²) in [7, 11) is 3.30. The molecule has 0 saturated carbocycles. The summed E-state index contributed by atoms with van der Waals surface area (Å²) in [5.41, 5.74) is 3.31. The van der Waals surface area contributed by atoms with Crippen molar-refractivity contribution in [1.29, 1.82) is 0 Å². The molecule has 2 heterocycles. The van der Waals surface area contributed by atoms with Crippen LogP contribution in [0, 0.1) is 5.92 Å². The van der Waals surface area contributed by atoms with Crippen LogP contribution < -0.4 is 14.4 Å². The van der Waals surface area contributed by atoms with Gasteiger partial charge >= 0.3 is 0 Å². The first-order valence-electron chi connectivity index (χ1n) is 10.0. The molecule has 152 valence electrons. The quantitative estimate of drug-likeness (QED) is 0.544. The number of anilines is 1. The zero-order chi connectivity index (χ0) is 20.1. The highest BCUT2D eigenvalue weighted by atomic mass is 16.5. The molecule has 0 aliphatic carbocycles. The summed E-state index contributed by atoms with van der Waals surface area (Å²) in [5.74, 6) is 1.99. The molecule has 6 heteroatoms. The lowest BCUT2D eigenvalue weighted by atomic mass is 9.99. The zero-order valence-corrected chi connectivity index (χ0v) is 17.0. The zero-order valence-electron chi connectivity index (χ0n) is 17.0. The highest BCUT2D eigenvalue weighted by Crippen LogP contribution is 2.37. The molecule has 1 aliphatic heterocycles. The van der Waals surface area contributed by atoms with Gasteiger partial charge in [-0.1, -0.05) is 30.3 Å². The number of aromatic nitrogens is 2. The second-order valence-corrected chi connectivity index (χ2v) is 7.38. The number of hydrogen-bond donors (Lipinski definition) is 0. The van der Waals surface area contributed by atoms with Crippen LogP contribution in [0.1, 0.15) is 12.0 Å². The van der Waals surface area contributed by atoms with E-state index in [2.05, 4.69) is 45.4 Å². The summed E-state index contributed by atoms with van der Waals surface area (Å²) in [6.07, 6.45) is 4.14. The molecule has 4 rings (SSSR count).